The fraction of sp³-hybridized carbons (Fsp3) is 0.154. The van der Waals surface area contributed by atoms with Crippen LogP contribution in [0.1, 0.15) is 25.8 Å². The molecule has 4 rings (SSSR count). The summed E-state index contributed by atoms with van der Waals surface area (Å²) < 4.78 is 0. The van der Waals surface area contributed by atoms with Gasteiger partial charge in [0.1, 0.15) is 0 Å². The lowest BCUT2D eigenvalue weighted by Crippen LogP contribution is -2.22. The molecule has 0 nitrogen and oxygen atoms in total. The standard InChI is InChI=1S/C26H24/c1-20-11-10-18-26(2,19-20)25-17-9-8-16-24(25)23-15-7-6-14-22(23)21-12-4-3-5-13-21/h3-18H,19H2,1-2H3. The van der Waals surface area contributed by atoms with Crippen LogP contribution >= 0.6 is 0 Å². The Morgan fingerprint density at radius 2 is 1.31 bits per heavy atom. The van der Waals surface area contributed by atoms with E-state index in [-0.39, 0.29) is 5.41 Å². The van der Waals surface area contributed by atoms with E-state index in [9.17, 15) is 0 Å². The monoisotopic (exact) mass is 336 g/mol. The first kappa shape index (κ1) is 16.6. The molecule has 128 valence electrons. The van der Waals surface area contributed by atoms with Crippen molar-refractivity contribution in [1.82, 2.24) is 0 Å². The van der Waals surface area contributed by atoms with Crippen molar-refractivity contribution in [2.75, 3.05) is 0 Å². The predicted molar refractivity (Wildman–Crippen MR) is 112 cm³/mol. The highest BCUT2D eigenvalue weighted by Gasteiger charge is 2.28. The highest BCUT2D eigenvalue weighted by molar-refractivity contribution is 5.85. The average molecular weight is 336 g/mol. The number of hydrogen-bond donors (Lipinski definition) is 0. The third-order valence-electron chi connectivity index (χ3n) is 5.34. The van der Waals surface area contributed by atoms with Crippen LogP contribution in [0.2, 0.25) is 0 Å². The van der Waals surface area contributed by atoms with E-state index >= 15 is 0 Å². The Labute approximate surface area is 156 Å². The minimum absolute atomic E-state index is 0.0270. The van der Waals surface area contributed by atoms with Gasteiger partial charge >= 0.3 is 0 Å². The molecule has 3 aromatic carbocycles. The number of allylic oxidation sites excluding steroid dienone is 4. The van der Waals surface area contributed by atoms with Crippen molar-refractivity contribution in [2.24, 2.45) is 0 Å². The van der Waals surface area contributed by atoms with Crippen LogP contribution in [-0.4, -0.2) is 0 Å². The summed E-state index contributed by atoms with van der Waals surface area (Å²) in [6, 6.07) is 28.3. The molecule has 1 unspecified atom stereocenters. The molecule has 1 aliphatic carbocycles. The molecule has 0 radical (unpaired) electrons. The maximum Gasteiger partial charge on any atom is 0.0150 e. The summed E-state index contributed by atoms with van der Waals surface area (Å²) in [6.07, 6.45) is 7.85. The summed E-state index contributed by atoms with van der Waals surface area (Å²) in [5.41, 5.74) is 8.03. The topological polar surface area (TPSA) is 0 Å². The van der Waals surface area contributed by atoms with Crippen LogP contribution in [0.15, 0.2) is 103 Å². The van der Waals surface area contributed by atoms with Gasteiger partial charge in [-0.15, -0.1) is 0 Å². The van der Waals surface area contributed by atoms with Crippen molar-refractivity contribution in [1.29, 1.82) is 0 Å². The van der Waals surface area contributed by atoms with E-state index in [0.29, 0.717) is 0 Å². The van der Waals surface area contributed by atoms with Gasteiger partial charge in [-0.05, 0) is 41.2 Å². The van der Waals surface area contributed by atoms with Gasteiger partial charge in [-0.3, -0.25) is 0 Å². The molecule has 0 spiro atoms. The second kappa shape index (κ2) is 6.80. The lowest BCUT2D eigenvalue weighted by atomic mass is 9.72. The molecule has 0 N–H and O–H groups in total. The predicted octanol–water partition coefficient (Wildman–Crippen LogP) is 7.18. The quantitative estimate of drug-likeness (QED) is 0.475. The fourth-order valence-corrected chi connectivity index (χ4v) is 4.11. The Bertz CT molecular complexity index is 976. The van der Waals surface area contributed by atoms with E-state index in [2.05, 4.69) is 111 Å². The van der Waals surface area contributed by atoms with Crippen molar-refractivity contribution in [2.45, 2.75) is 25.7 Å². The third-order valence-corrected chi connectivity index (χ3v) is 5.34. The summed E-state index contributed by atoms with van der Waals surface area (Å²) in [5, 5.41) is 0. The second-order valence-electron chi connectivity index (χ2n) is 7.42. The second-order valence-corrected chi connectivity index (χ2v) is 7.42. The summed E-state index contributed by atoms with van der Waals surface area (Å²) in [4.78, 5) is 0. The summed E-state index contributed by atoms with van der Waals surface area (Å²) in [7, 11) is 0. The van der Waals surface area contributed by atoms with Crippen LogP contribution in [0.4, 0.5) is 0 Å². The zero-order valence-corrected chi connectivity index (χ0v) is 15.4. The first-order valence-corrected chi connectivity index (χ1v) is 9.27. The van der Waals surface area contributed by atoms with E-state index in [1.54, 1.807) is 0 Å². The molecule has 0 aliphatic heterocycles. The molecule has 1 atom stereocenters. The highest BCUT2D eigenvalue weighted by atomic mass is 14.3. The molecule has 3 aromatic rings. The van der Waals surface area contributed by atoms with Gasteiger partial charge in [0.2, 0.25) is 0 Å². The largest absolute Gasteiger partial charge is 0.0739 e. The normalized spacial score (nSPS) is 19.2. The number of benzene rings is 3. The first-order valence-electron chi connectivity index (χ1n) is 9.27. The van der Waals surface area contributed by atoms with Crippen molar-refractivity contribution in [3.8, 4) is 22.3 Å². The summed E-state index contributed by atoms with van der Waals surface area (Å²) in [6.45, 7) is 4.58. The van der Waals surface area contributed by atoms with E-state index in [1.807, 2.05) is 0 Å². The molecule has 1 aliphatic rings. The van der Waals surface area contributed by atoms with Crippen LogP contribution in [0, 0.1) is 0 Å². The molecule has 0 heteroatoms. The lowest BCUT2D eigenvalue weighted by molar-refractivity contribution is 0.582. The van der Waals surface area contributed by atoms with Crippen molar-refractivity contribution in [3.63, 3.8) is 0 Å². The fourth-order valence-electron chi connectivity index (χ4n) is 4.11. The van der Waals surface area contributed by atoms with E-state index in [4.69, 9.17) is 0 Å². The molecule has 0 aromatic heterocycles. The van der Waals surface area contributed by atoms with Gasteiger partial charge in [0.05, 0.1) is 0 Å². The van der Waals surface area contributed by atoms with Gasteiger partial charge in [0, 0.05) is 5.41 Å². The molecule has 0 saturated heterocycles. The summed E-state index contributed by atoms with van der Waals surface area (Å²) >= 11 is 0. The molecule has 26 heavy (non-hydrogen) atoms. The van der Waals surface area contributed by atoms with Crippen molar-refractivity contribution < 1.29 is 0 Å². The van der Waals surface area contributed by atoms with Crippen LogP contribution in [0.25, 0.3) is 22.3 Å². The molecular formula is C26H24. The SMILES string of the molecule is CC1=CC=CC(C)(c2ccccc2-c2ccccc2-c2ccccc2)C1. The van der Waals surface area contributed by atoms with E-state index in [1.165, 1.54) is 33.4 Å². The molecule has 0 bridgehead atoms. The maximum absolute atomic E-state index is 2.35. The molecule has 0 heterocycles. The van der Waals surface area contributed by atoms with Crippen LogP contribution in [0.3, 0.4) is 0 Å². The van der Waals surface area contributed by atoms with Gasteiger partial charge in [0.15, 0.2) is 0 Å². The Morgan fingerprint density at radius 3 is 2.04 bits per heavy atom. The number of hydrogen-bond acceptors (Lipinski definition) is 0. The van der Waals surface area contributed by atoms with Gasteiger partial charge in [-0.1, -0.05) is 110 Å². The van der Waals surface area contributed by atoms with Gasteiger partial charge in [0.25, 0.3) is 0 Å². The smallest absolute Gasteiger partial charge is 0.0150 e. The Hall–Kier alpha value is -2.86. The van der Waals surface area contributed by atoms with Gasteiger partial charge in [-0.25, -0.2) is 0 Å². The molecular weight excluding hydrogens is 312 g/mol. The summed E-state index contributed by atoms with van der Waals surface area (Å²) in [5.74, 6) is 0. The number of rotatable bonds is 3. The Morgan fingerprint density at radius 1 is 0.692 bits per heavy atom. The van der Waals surface area contributed by atoms with Gasteiger partial charge < -0.3 is 0 Å². The third kappa shape index (κ3) is 3.04. The zero-order valence-electron chi connectivity index (χ0n) is 15.4. The molecule has 0 fully saturated rings. The molecule has 0 saturated carbocycles. The highest BCUT2D eigenvalue weighted by Crippen LogP contribution is 2.42. The minimum atomic E-state index is 0.0270. The van der Waals surface area contributed by atoms with Crippen LogP contribution < -0.4 is 0 Å². The van der Waals surface area contributed by atoms with E-state index < -0.39 is 0 Å². The Kier molecular flexibility index (Phi) is 4.34. The van der Waals surface area contributed by atoms with Crippen molar-refractivity contribution in [3.05, 3.63) is 108 Å². The van der Waals surface area contributed by atoms with Crippen LogP contribution in [-0.2, 0) is 5.41 Å². The lowest BCUT2D eigenvalue weighted by Gasteiger charge is -2.32. The maximum atomic E-state index is 2.35. The zero-order chi connectivity index (χ0) is 18.0. The minimum Gasteiger partial charge on any atom is -0.0739 e. The molecule has 0 amide bonds. The van der Waals surface area contributed by atoms with Crippen molar-refractivity contribution >= 4 is 0 Å². The average Bonchev–Trinajstić information content (AvgIpc) is 2.68. The van der Waals surface area contributed by atoms with E-state index in [0.717, 1.165) is 6.42 Å². The van der Waals surface area contributed by atoms with Crippen LogP contribution in [0.5, 0.6) is 0 Å². The first-order chi connectivity index (χ1) is 12.7. The Balaban J connectivity index is 1.90. The van der Waals surface area contributed by atoms with Gasteiger partial charge in [-0.2, -0.15) is 0 Å².